The number of alkyl carbamates (subject to hydrolysis) is 2. The van der Waals surface area contributed by atoms with E-state index in [-0.39, 0.29) is 30.4 Å². The standard InChI is InChI=1S/C31H31F3N2O8S/c32-31(33,34)20-12-14-21(15-13-20)45(41,42)18-17-43-29(39)35-16-6-5-11-27(28(37)38)36-30(40)44-19-26-24-9-3-1-7-22(24)23-8-2-4-10-25(23)26/h1-4,7-10,12-15,26-27H,5-6,11,16-19H2,(H,35,39)(H,36,40)(H,37,38)/t27-/m0/s1. The van der Waals surface area contributed by atoms with Crippen LogP contribution in [0.4, 0.5) is 22.8 Å². The highest BCUT2D eigenvalue weighted by Crippen LogP contribution is 2.44. The Morgan fingerprint density at radius 3 is 2.02 bits per heavy atom. The van der Waals surface area contributed by atoms with E-state index >= 15 is 0 Å². The topological polar surface area (TPSA) is 148 Å². The van der Waals surface area contributed by atoms with Crippen LogP contribution in [-0.2, 0) is 30.3 Å². The van der Waals surface area contributed by atoms with Crippen LogP contribution in [0, 0.1) is 0 Å². The monoisotopic (exact) mass is 648 g/mol. The van der Waals surface area contributed by atoms with Gasteiger partial charge in [0.05, 0.1) is 16.2 Å². The van der Waals surface area contributed by atoms with Crippen LogP contribution in [0.15, 0.2) is 77.7 Å². The molecule has 3 N–H and O–H groups in total. The molecule has 0 spiro atoms. The molecule has 10 nitrogen and oxygen atoms in total. The average Bonchev–Trinajstić information content (AvgIpc) is 3.32. The fourth-order valence-corrected chi connectivity index (χ4v) is 6.06. The average molecular weight is 649 g/mol. The molecule has 3 aromatic rings. The van der Waals surface area contributed by atoms with E-state index < -0.39 is 58.1 Å². The number of carboxylic acids is 1. The molecular formula is C31H31F3N2O8S. The number of sulfone groups is 1. The lowest BCUT2D eigenvalue weighted by Crippen LogP contribution is -2.41. The maximum Gasteiger partial charge on any atom is 0.416 e. The number of ether oxygens (including phenoxy) is 2. The zero-order valence-corrected chi connectivity index (χ0v) is 24.7. The first-order valence-corrected chi connectivity index (χ1v) is 15.7. The fourth-order valence-electron chi connectivity index (χ4n) is 4.97. The number of nitrogens with one attached hydrogen (secondary N) is 2. The minimum Gasteiger partial charge on any atom is -0.480 e. The molecule has 0 fully saturated rings. The molecule has 0 heterocycles. The van der Waals surface area contributed by atoms with Gasteiger partial charge >= 0.3 is 24.3 Å². The first-order chi connectivity index (χ1) is 21.4. The van der Waals surface area contributed by atoms with Gasteiger partial charge in [-0.15, -0.1) is 0 Å². The molecule has 0 bridgehead atoms. The van der Waals surface area contributed by atoms with Crippen molar-refractivity contribution >= 4 is 28.0 Å². The van der Waals surface area contributed by atoms with Gasteiger partial charge in [0.15, 0.2) is 9.84 Å². The van der Waals surface area contributed by atoms with Crippen molar-refractivity contribution in [2.24, 2.45) is 0 Å². The molecule has 0 unspecified atom stereocenters. The Labute approximate surface area is 257 Å². The molecule has 0 radical (unpaired) electrons. The van der Waals surface area contributed by atoms with Crippen LogP contribution in [0.1, 0.15) is 41.9 Å². The highest BCUT2D eigenvalue weighted by atomic mass is 32.2. The lowest BCUT2D eigenvalue weighted by atomic mass is 9.98. The van der Waals surface area contributed by atoms with Crippen LogP contribution >= 0.6 is 0 Å². The van der Waals surface area contributed by atoms with Crippen molar-refractivity contribution in [1.82, 2.24) is 10.6 Å². The molecule has 240 valence electrons. The second-order valence-electron chi connectivity index (χ2n) is 10.3. The molecule has 0 saturated carbocycles. The van der Waals surface area contributed by atoms with Gasteiger partial charge in [0.1, 0.15) is 19.3 Å². The lowest BCUT2D eigenvalue weighted by molar-refractivity contribution is -0.139. The van der Waals surface area contributed by atoms with E-state index in [4.69, 9.17) is 9.47 Å². The first kappa shape index (κ1) is 33.3. The molecule has 2 amide bonds. The van der Waals surface area contributed by atoms with E-state index in [1.807, 2.05) is 48.5 Å². The summed E-state index contributed by atoms with van der Waals surface area (Å²) in [6.07, 6.45) is -5.68. The van der Waals surface area contributed by atoms with Crippen LogP contribution in [-0.4, -0.2) is 63.2 Å². The van der Waals surface area contributed by atoms with Gasteiger partial charge in [-0.2, -0.15) is 13.2 Å². The van der Waals surface area contributed by atoms with Crippen LogP contribution in [0.5, 0.6) is 0 Å². The fraction of sp³-hybridized carbons (Fsp3) is 0.323. The number of rotatable bonds is 13. The summed E-state index contributed by atoms with van der Waals surface area (Å²) >= 11 is 0. The summed E-state index contributed by atoms with van der Waals surface area (Å²) in [6.45, 7) is -0.411. The van der Waals surface area contributed by atoms with Gasteiger partial charge in [0.2, 0.25) is 0 Å². The lowest BCUT2D eigenvalue weighted by Gasteiger charge is -2.17. The predicted molar refractivity (Wildman–Crippen MR) is 156 cm³/mol. The molecule has 14 heteroatoms. The summed E-state index contributed by atoms with van der Waals surface area (Å²) in [4.78, 5) is 35.7. The molecule has 3 aromatic carbocycles. The normalized spacial score (nSPS) is 13.3. The Balaban J connectivity index is 1.14. The minimum absolute atomic E-state index is 0.0316. The van der Waals surface area contributed by atoms with E-state index in [9.17, 15) is 41.1 Å². The number of carboxylic acid groups (broad SMARTS) is 1. The van der Waals surface area contributed by atoms with Gasteiger partial charge < -0.3 is 25.2 Å². The number of unbranched alkanes of at least 4 members (excludes halogenated alkanes) is 1. The molecule has 1 aliphatic carbocycles. The van der Waals surface area contributed by atoms with Crippen LogP contribution in [0.2, 0.25) is 0 Å². The quantitative estimate of drug-likeness (QED) is 0.210. The Morgan fingerprint density at radius 2 is 1.44 bits per heavy atom. The molecule has 4 rings (SSSR count). The SMILES string of the molecule is O=C(NCCCC[C@H](NC(=O)OCC1c2ccccc2-c2ccccc21)C(=O)O)OCCS(=O)(=O)c1ccc(C(F)(F)F)cc1. The highest BCUT2D eigenvalue weighted by Gasteiger charge is 2.31. The Morgan fingerprint density at radius 1 is 0.844 bits per heavy atom. The van der Waals surface area contributed by atoms with Crippen molar-refractivity contribution in [3.63, 3.8) is 0 Å². The smallest absolute Gasteiger partial charge is 0.416 e. The number of hydrogen-bond acceptors (Lipinski definition) is 7. The Hall–Kier alpha value is -4.59. The zero-order chi connectivity index (χ0) is 32.6. The number of fused-ring (bicyclic) bond motifs is 3. The Bertz CT molecular complexity index is 1580. The van der Waals surface area contributed by atoms with Gasteiger partial charge in [-0.05, 0) is 65.8 Å². The summed E-state index contributed by atoms with van der Waals surface area (Å²) in [6, 6.07) is 17.4. The number of amides is 2. The summed E-state index contributed by atoms with van der Waals surface area (Å²) < 4.78 is 72.9. The van der Waals surface area contributed by atoms with Crippen molar-refractivity contribution in [3.05, 3.63) is 89.5 Å². The maximum atomic E-state index is 12.7. The number of benzene rings is 3. The molecular weight excluding hydrogens is 617 g/mol. The van der Waals surface area contributed by atoms with E-state index in [1.165, 1.54) is 0 Å². The number of carbonyl (C=O) groups excluding carboxylic acids is 2. The Kier molecular flexibility index (Phi) is 10.7. The van der Waals surface area contributed by atoms with Crippen molar-refractivity contribution in [3.8, 4) is 11.1 Å². The van der Waals surface area contributed by atoms with Crippen LogP contribution in [0.3, 0.4) is 0 Å². The van der Waals surface area contributed by atoms with Gasteiger partial charge in [-0.3, -0.25) is 0 Å². The largest absolute Gasteiger partial charge is 0.480 e. The third-order valence-corrected chi connectivity index (χ3v) is 8.94. The second kappa shape index (κ2) is 14.5. The molecule has 0 saturated heterocycles. The molecule has 0 aliphatic heterocycles. The van der Waals surface area contributed by atoms with Gasteiger partial charge in [0, 0.05) is 12.5 Å². The first-order valence-electron chi connectivity index (χ1n) is 14.0. The number of halogens is 3. The predicted octanol–water partition coefficient (Wildman–Crippen LogP) is 5.37. The summed E-state index contributed by atoms with van der Waals surface area (Å²) in [5.41, 5.74) is 3.18. The van der Waals surface area contributed by atoms with Crippen molar-refractivity contribution < 1.29 is 50.6 Å². The maximum absolute atomic E-state index is 12.7. The molecule has 1 aliphatic rings. The summed E-state index contributed by atoms with van der Waals surface area (Å²) in [5.74, 6) is -2.06. The van der Waals surface area contributed by atoms with E-state index in [0.717, 1.165) is 34.4 Å². The number of aliphatic carboxylic acids is 1. The summed E-state index contributed by atoms with van der Waals surface area (Å²) in [7, 11) is -3.98. The second-order valence-corrected chi connectivity index (χ2v) is 12.4. The van der Waals surface area contributed by atoms with Gasteiger partial charge in [-0.25, -0.2) is 22.8 Å². The molecule has 0 aromatic heterocycles. The van der Waals surface area contributed by atoms with Crippen LogP contribution < -0.4 is 10.6 Å². The highest BCUT2D eigenvalue weighted by molar-refractivity contribution is 7.91. The van der Waals surface area contributed by atoms with Crippen molar-refractivity contribution in [2.45, 2.75) is 42.3 Å². The van der Waals surface area contributed by atoms with E-state index in [0.29, 0.717) is 25.0 Å². The molecule has 1 atom stereocenters. The number of alkyl halides is 3. The van der Waals surface area contributed by atoms with Crippen molar-refractivity contribution in [2.75, 3.05) is 25.5 Å². The van der Waals surface area contributed by atoms with E-state index in [2.05, 4.69) is 10.6 Å². The number of hydrogen-bond donors (Lipinski definition) is 3. The van der Waals surface area contributed by atoms with Crippen LogP contribution in [0.25, 0.3) is 11.1 Å². The van der Waals surface area contributed by atoms with Gasteiger partial charge in [-0.1, -0.05) is 48.5 Å². The number of carbonyl (C=O) groups is 3. The zero-order valence-electron chi connectivity index (χ0n) is 23.9. The third-order valence-electron chi connectivity index (χ3n) is 7.25. The van der Waals surface area contributed by atoms with E-state index in [1.54, 1.807) is 0 Å². The summed E-state index contributed by atoms with van der Waals surface area (Å²) in [5, 5.41) is 14.3. The molecule has 45 heavy (non-hydrogen) atoms. The van der Waals surface area contributed by atoms with Gasteiger partial charge in [0.25, 0.3) is 0 Å². The minimum atomic E-state index is -4.60. The third kappa shape index (κ3) is 8.75. The van der Waals surface area contributed by atoms with Crippen molar-refractivity contribution in [1.29, 1.82) is 0 Å².